The number of carbonyl (C=O) groups is 3. The van der Waals surface area contributed by atoms with Gasteiger partial charge in [0.05, 0.1) is 22.5 Å². The van der Waals surface area contributed by atoms with Crippen molar-refractivity contribution < 1.29 is 19.5 Å². The van der Waals surface area contributed by atoms with Crippen molar-refractivity contribution in [2.24, 2.45) is 5.41 Å². The minimum atomic E-state index is -1.27. The average Bonchev–Trinajstić information content (AvgIpc) is 3.40. The highest BCUT2D eigenvalue weighted by atomic mass is 32.1. The number of aromatic amines is 1. The number of amides is 2. The Morgan fingerprint density at radius 3 is 2.52 bits per heavy atom. The molecule has 9 nitrogen and oxygen atoms in total. The van der Waals surface area contributed by atoms with Crippen LogP contribution in [0.4, 0.5) is 10.6 Å². The van der Waals surface area contributed by atoms with Crippen LogP contribution in [0.2, 0.25) is 0 Å². The highest BCUT2D eigenvalue weighted by Crippen LogP contribution is 2.43. The molecule has 3 aromatic rings. The number of ketones is 1. The number of benzene rings is 1. The Hall–Kier alpha value is -3.27. The molecule has 1 aromatic carbocycles. The molecule has 0 aliphatic heterocycles. The molecule has 2 heterocycles. The van der Waals surface area contributed by atoms with E-state index < -0.39 is 35.3 Å². The van der Waals surface area contributed by atoms with Crippen LogP contribution in [0.25, 0.3) is 10.2 Å². The first kappa shape index (κ1) is 24.4. The predicted octanol–water partition coefficient (Wildman–Crippen LogP) is 4.85. The third kappa shape index (κ3) is 5.57. The summed E-state index contributed by atoms with van der Waals surface area (Å²) in [4.78, 5) is 44.5. The maximum absolute atomic E-state index is 13.3. The third-order valence-corrected chi connectivity index (χ3v) is 6.39. The maximum atomic E-state index is 13.3. The van der Waals surface area contributed by atoms with Crippen LogP contribution < -0.4 is 5.32 Å². The van der Waals surface area contributed by atoms with Gasteiger partial charge in [-0.15, -0.1) is 11.3 Å². The molecule has 2 amide bonds. The first-order valence-electron chi connectivity index (χ1n) is 10.8. The Kier molecular flexibility index (Phi) is 7.47. The number of anilines is 1. The number of para-hydroxylation sites is 1. The molecule has 2 aromatic heterocycles. The molecule has 176 valence electrons. The Morgan fingerprint density at radius 2 is 1.94 bits per heavy atom. The zero-order chi connectivity index (χ0) is 24.2. The van der Waals surface area contributed by atoms with Crippen LogP contribution in [-0.2, 0) is 9.59 Å². The number of unbranched alkanes of at least 4 members (excludes halogenated alkanes) is 1. The first-order valence-corrected chi connectivity index (χ1v) is 11.7. The zero-order valence-electron chi connectivity index (χ0n) is 19.2. The second-order valence-corrected chi connectivity index (χ2v) is 9.99. The summed E-state index contributed by atoms with van der Waals surface area (Å²) in [5.74, 6) is -1.43. The monoisotopic (exact) mass is 471 g/mol. The van der Waals surface area contributed by atoms with E-state index in [-0.39, 0.29) is 12.2 Å². The van der Waals surface area contributed by atoms with Gasteiger partial charge >= 0.3 is 6.09 Å². The van der Waals surface area contributed by atoms with Crippen molar-refractivity contribution in [2.75, 3.05) is 5.32 Å². The molecule has 3 rings (SSSR count). The smallest absolute Gasteiger partial charge is 0.408 e. The van der Waals surface area contributed by atoms with Gasteiger partial charge in [-0.2, -0.15) is 5.10 Å². The molecule has 0 spiro atoms. The van der Waals surface area contributed by atoms with Crippen molar-refractivity contribution >= 4 is 45.2 Å². The van der Waals surface area contributed by atoms with Gasteiger partial charge in [-0.05, 0) is 24.0 Å². The van der Waals surface area contributed by atoms with Gasteiger partial charge in [0.1, 0.15) is 16.9 Å². The van der Waals surface area contributed by atoms with E-state index in [1.807, 2.05) is 52.0 Å². The average molecular weight is 472 g/mol. The van der Waals surface area contributed by atoms with Crippen LogP contribution >= 0.6 is 11.3 Å². The van der Waals surface area contributed by atoms with Crippen molar-refractivity contribution in [3.63, 3.8) is 0 Å². The summed E-state index contributed by atoms with van der Waals surface area (Å²) in [7, 11) is 0. The van der Waals surface area contributed by atoms with Crippen molar-refractivity contribution in [1.29, 1.82) is 0 Å². The van der Waals surface area contributed by atoms with E-state index in [4.69, 9.17) is 4.98 Å². The summed E-state index contributed by atoms with van der Waals surface area (Å²) in [6.45, 7) is 7.68. The first-order chi connectivity index (χ1) is 15.6. The third-order valence-electron chi connectivity index (χ3n) is 5.31. The number of fused-ring (bicyclic) bond motifs is 1. The maximum Gasteiger partial charge on any atom is 0.408 e. The molecule has 0 saturated carbocycles. The minimum Gasteiger partial charge on any atom is -0.465 e. The highest BCUT2D eigenvalue weighted by Gasteiger charge is 2.44. The minimum absolute atomic E-state index is 0.232. The molecule has 0 saturated heterocycles. The molecule has 0 radical (unpaired) electrons. The van der Waals surface area contributed by atoms with Gasteiger partial charge < -0.3 is 10.4 Å². The standard InChI is InChI=1S/C23H29N5O4S/c1-5-6-10-15(18(29)20(30)26-17-12-13-24-27-17)28(22(31)32)19(23(2,3)4)21-25-14-9-7-8-11-16(14)33-21/h7-9,11-13,15,19H,5-6,10H2,1-4H3,(H,31,32)(H2,24,26,27,30)/t15-,19-/m0/s1. The van der Waals surface area contributed by atoms with Crippen molar-refractivity contribution in [2.45, 2.75) is 59.0 Å². The normalized spacial score (nSPS) is 13.5. The van der Waals surface area contributed by atoms with Crippen LogP contribution in [0.1, 0.15) is 58.0 Å². The van der Waals surface area contributed by atoms with Crippen molar-refractivity contribution in [3.8, 4) is 0 Å². The number of nitrogens with zero attached hydrogens (tertiary/aromatic N) is 3. The number of hydrogen-bond acceptors (Lipinski definition) is 6. The number of rotatable bonds is 9. The second-order valence-electron chi connectivity index (χ2n) is 8.92. The van der Waals surface area contributed by atoms with E-state index in [1.54, 1.807) is 0 Å². The summed E-state index contributed by atoms with van der Waals surface area (Å²) in [5.41, 5.74) is 0.183. The number of carbonyl (C=O) groups excluding carboxylic acids is 2. The quantitative estimate of drug-likeness (QED) is 0.383. The largest absolute Gasteiger partial charge is 0.465 e. The summed E-state index contributed by atoms with van der Waals surface area (Å²) in [6.07, 6.45) is 1.75. The van der Waals surface area contributed by atoms with E-state index >= 15 is 0 Å². The van der Waals surface area contributed by atoms with Crippen molar-refractivity contribution in [3.05, 3.63) is 41.5 Å². The van der Waals surface area contributed by atoms with E-state index in [1.165, 1.54) is 23.6 Å². The van der Waals surface area contributed by atoms with Gasteiger partial charge in [0, 0.05) is 6.07 Å². The topological polar surface area (TPSA) is 128 Å². The number of nitrogens with one attached hydrogen (secondary N) is 2. The number of thiazole rings is 1. The molecule has 0 aliphatic carbocycles. The molecular weight excluding hydrogens is 442 g/mol. The fraction of sp³-hybridized carbons (Fsp3) is 0.435. The van der Waals surface area contributed by atoms with E-state index in [2.05, 4.69) is 15.5 Å². The Labute approximate surface area is 196 Å². The Balaban J connectivity index is 2.04. The second kappa shape index (κ2) is 10.1. The lowest BCUT2D eigenvalue weighted by molar-refractivity contribution is -0.139. The molecule has 3 N–H and O–H groups in total. The van der Waals surface area contributed by atoms with Crippen LogP contribution in [0.5, 0.6) is 0 Å². The molecule has 10 heteroatoms. The van der Waals surface area contributed by atoms with Gasteiger partial charge in [-0.3, -0.25) is 19.6 Å². The highest BCUT2D eigenvalue weighted by molar-refractivity contribution is 7.18. The molecule has 0 aliphatic rings. The summed E-state index contributed by atoms with van der Waals surface area (Å²) in [6, 6.07) is 7.22. The summed E-state index contributed by atoms with van der Waals surface area (Å²) >= 11 is 1.40. The zero-order valence-corrected chi connectivity index (χ0v) is 20.0. The number of Topliss-reactive ketones (excluding diaryl/α,β-unsaturated/α-hetero) is 1. The van der Waals surface area contributed by atoms with E-state index in [0.717, 1.165) is 21.5 Å². The van der Waals surface area contributed by atoms with Gasteiger partial charge in [-0.1, -0.05) is 52.7 Å². The lowest BCUT2D eigenvalue weighted by Crippen LogP contribution is -2.52. The van der Waals surface area contributed by atoms with Gasteiger partial charge in [0.25, 0.3) is 5.91 Å². The van der Waals surface area contributed by atoms with Crippen LogP contribution in [0, 0.1) is 5.41 Å². The van der Waals surface area contributed by atoms with E-state index in [0.29, 0.717) is 11.4 Å². The molecule has 0 fully saturated rings. The SMILES string of the molecule is CCCC[C@@H](C(=O)C(=O)Nc1ccn[nH]1)N(C(=O)O)[C@@H](c1nc2ccccc2s1)C(C)(C)C. The summed E-state index contributed by atoms with van der Waals surface area (Å²) in [5, 5.41) is 19.7. The van der Waals surface area contributed by atoms with Crippen LogP contribution in [-0.4, -0.2) is 49.0 Å². The Morgan fingerprint density at radius 1 is 1.21 bits per heavy atom. The molecule has 2 atom stereocenters. The molecular formula is C23H29N5O4S. The fourth-order valence-corrected chi connectivity index (χ4v) is 5.10. The van der Waals surface area contributed by atoms with Crippen LogP contribution in [0.3, 0.4) is 0 Å². The fourth-order valence-electron chi connectivity index (χ4n) is 3.79. The van der Waals surface area contributed by atoms with Crippen molar-refractivity contribution in [1.82, 2.24) is 20.1 Å². The molecule has 0 unspecified atom stereocenters. The summed E-state index contributed by atoms with van der Waals surface area (Å²) < 4.78 is 0.931. The number of hydrogen-bond donors (Lipinski definition) is 3. The number of carboxylic acid groups (broad SMARTS) is 1. The molecule has 33 heavy (non-hydrogen) atoms. The van der Waals surface area contributed by atoms with Gasteiger partial charge in [0.15, 0.2) is 0 Å². The van der Waals surface area contributed by atoms with Gasteiger partial charge in [-0.25, -0.2) is 9.78 Å². The van der Waals surface area contributed by atoms with E-state index in [9.17, 15) is 19.5 Å². The lowest BCUT2D eigenvalue weighted by atomic mass is 9.84. The lowest BCUT2D eigenvalue weighted by Gasteiger charge is -2.41. The van der Waals surface area contributed by atoms with Gasteiger partial charge in [0.2, 0.25) is 5.78 Å². The van der Waals surface area contributed by atoms with Crippen LogP contribution in [0.15, 0.2) is 36.5 Å². The number of H-pyrrole nitrogens is 1. The predicted molar refractivity (Wildman–Crippen MR) is 127 cm³/mol. The number of aromatic nitrogens is 3. The molecule has 0 bridgehead atoms. The Bertz CT molecular complexity index is 1090.